The van der Waals surface area contributed by atoms with E-state index in [0.29, 0.717) is 5.92 Å². The maximum Gasteiger partial charge on any atom is 0.123 e. The molecule has 3 heteroatoms. The Kier molecular flexibility index (Phi) is 3.05. The molecule has 0 bridgehead atoms. The molecule has 0 spiro atoms. The first-order valence-corrected chi connectivity index (χ1v) is 6.45. The van der Waals surface area contributed by atoms with E-state index in [0.717, 1.165) is 31.5 Å². The summed E-state index contributed by atoms with van der Waals surface area (Å²) >= 11 is 0. The first-order valence-electron chi connectivity index (χ1n) is 6.45. The average molecular weight is 244 g/mol. The highest BCUT2D eigenvalue weighted by Crippen LogP contribution is 2.37. The van der Waals surface area contributed by atoms with Crippen LogP contribution >= 0.6 is 0 Å². The van der Waals surface area contributed by atoms with Crippen molar-refractivity contribution in [3.8, 4) is 0 Å². The molecule has 0 radical (unpaired) electrons. The molecule has 0 fully saturated rings. The highest BCUT2D eigenvalue weighted by molar-refractivity contribution is 5.69. The van der Waals surface area contributed by atoms with Crippen molar-refractivity contribution in [3.05, 3.63) is 53.6 Å². The standard InChI is InChI=1S/C15H17FN2/c16-13-5-1-3-11(7-13)15-6-2-4-12(15)8-14-9-17-10-18-14/h1,3,5-7,9,12,17-18H,2,4,8,10H2. The summed E-state index contributed by atoms with van der Waals surface area (Å²) in [6, 6.07) is 6.93. The molecule has 2 N–H and O–H groups in total. The van der Waals surface area contributed by atoms with E-state index in [2.05, 4.69) is 16.7 Å². The topological polar surface area (TPSA) is 24.1 Å². The predicted molar refractivity (Wildman–Crippen MR) is 70.9 cm³/mol. The number of hydrogen-bond donors (Lipinski definition) is 2. The minimum absolute atomic E-state index is 0.154. The number of rotatable bonds is 3. The molecule has 18 heavy (non-hydrogen) atoms. The van der Waals surface area contributed by atoms with Crippen molar-refractivity contribution in [1.82, 2.24) is 10.6 Å². The molecule has 0 aromatic heterocycles. The Balaban J connectivity index is 1.78. The molecular weight excluding hydrogens is 227 g/mol. The van der Waals surface area contributed by atoms with E-state index in [-0.39, 0.29) is 5.82 Å². The summed E-state index contributed by atoms with van der Waals surface area (Å²) in [4.78, 5) is 0. The Morgan fingerprint density at radius 2 is 2.28 bits per heavy atom. The van der Waals surface area contributed by atoms with Crippen LogP contribution in [0.5, 0.6) is 0 Å². The van der Waals surface area contributed by atoms with Crippen LogP contribution in [0.4, 0.5) is 4.39 Å². The Morgan fingerprint density at radius 3 is 3.06 bits per heavy atom. The second-order valence-electron chi connectivity index (χ2n) is 4.88. The van der Waals surface area contributed by atoms with Gasteiger partial charge in [-0.1, -0.05) is 18.2 Å². The van der Waals surface area contributed by atoms with Crippen LogP contribution in [0.3, 0.4) is 0 Å². The van der Waals surface area contributed by atoms with Crippen molar-refractivity contribution in [2.75, 3.05) is 6.67 Å². The van der Waals surface area contributed by atoms with E-state index < -0.39 is 0 Å². The van der Waals surface area contributed by atoms with E-state index in [1.165, 1.54) is 17.3 Å². The molecule has 0 saturated heterocycles. The van der Waals surface area contributed by atoms with Crippen LogP contribution in [0.15, 0.2) is 42.2 Å². The Labute approximate surface area is 107 Å². The lowest BCUT2D eigenvalue weighted by atomic mass is 9.91. The minimum atomic E-state index is -0.154. The van der Waals surface area contributed by atoms with E-state index in [9.17, 15) is 4.39 Å². The summed E-state index contributed by atoms with van der Waals surface area (Å²) in [5.74, 6) is 0.351. The second kappa shape index (κ2) is 4.84. The monoisotopic (exact) mass is 244 g/mol. The first kappa shape index (κ1) is 11.3. The lowest BCUT2D eigenvalue weighted by Crippen LogP contribution is -2.15. The summed E-state index contributed by atoms with van der Waals surface area (Å²) in [6.45, 7) is 0.821. The van der Waals surface area contributed by atoms with Gasteiger partial charge in [0.2, 0.25) is 0 Å². The van der Waals surface area contributed by atoms with Crippen molar-refractivity contribution in [2.24, 2.45) is 5.92 Å². The fourth-order valence-corrected chi connectivity index (χ4v) is 2.78. The molecule has 1 aromatic carbocycles. The predicted octanol–water partition coefficient (Wildman–Crippen LogP) is 3.00. The van der Waals surface area contributed by atoms with Crippen LogP contribution in [0, 0.1) is 11.7 Å². The molecule has 1 atom stereocenters. The molecule has 0 saturated carbocycles. The highest BCUT2D eigenvalue weighted by atomic mass is 19.1. The third-order valence-corrected chi connectivity index (χ3v) is 3.64. The molecule has 1 aromatic rings. The van der Waals surface area contributed by atoms with Gasteiger partial charge in [0.05, 0.1) is 6.67 Å². The van der Waals surface area contributed by atoms with Crippen LogP contribution in [0.2, 0.25) is 0 Å². The third-order valence-electron chi connectivity index (χ3n) is 3.64. The minimum Gasteiger partial charge on any atom is -0.372 e. The molecule has 2 nitrogen and oxygen atoms in total. The van der Waals surface area contributed by atoms with Crippen LogP contribution in [-0.4, -0.2) is 6.67 Å². The number of allylic oxidation sites excluding steroid dienone is 3. The number of hydrogen-bond acceptors (Lipinski definition) is 2. The van der Waals surface area contributed by atoms with Crippen LogP contribution in [0.25, 0.3) is 5.57 Å². The first-order chi connectivity index (χ1) is 8.83. The fraction of sp³-hybridized carbons (Fsp3) is 0.333. The van der Waals surface area contributed by atoms with Gasteiger partial charge >= 0.3 is 0 Å². The van der Waals surface area contributed by atoms with Crippen molar-refractivity contribution in [3.63, 3.8) is 0 Å². The van der Waals surface area contributed by atoms with Crippen molar-refractivity contribution in [1.29, 1.82) is 0 Å². The summed E-state index contributed by atoms with van der Waals surface area (Å²) in [7, 11) is 0. The maximum atomic E-state index is 13.3. The zero-order chi connectivity index (χ0) is 12.4. The van der Waals surface area contributed by atoms with Gasteiger partial charge in [-0.05, 0) is 48.4 Å². The van der Waals surface area contributed by atoms with E-state index in [4.69, 9.17) is 0 Å². The second-order valence-corrected chi connectivity index (χ2v) is 4.88. The van der Waals surface area contributed by atoms with Gasteiger partial charge < -0.3 is 10.6 Å². The number of benzene rings is 1. The zero-order valence-corrected chi connectivity index (χ0v) is 10.2. The lowest BCUT2D eigenvalue weighted by molar-refractivity contribution is 0.612. The molecule has 1 heterocycles. The normalized spacial score (nSPS) is 22.2. The van der Waals surface area contributed by atoms with E-state index in [1.807, 2.05) is 12.3 Å². The van der Waals surface area contributed by atoms with Crippen LogP contribution < -0.4 is 10.6 Å². The molecular formula is C15H17FN2. The molecule has 1 aliphatic heterocycles. The van der Waals surface area contributed by atoms with Crippen molar-refractivity contribution >= 4 is 5.57 Å². The summed E-state index contributed by atoms with van der Waals surface area (Å²) in [5, 5.41) is 6.47. The summed E-state index contributed by atoms with van der Waals surface area (Å²) in [5.41, 5.74) is 3.58. The van der Waals surface area contributed by atoms with Crippen LogP contribution in [-0.2, 0) is 0 Å². The Bertz CT molecular complexity index is 505. The largest absolute Gasteiger partial charge is 0.372 e. The van der Waals surface area contributed by atoms with E-state index in [1.54, 1.807) is 12.1 Å². The van der Waals surface area contributed by atoms with Gasteiger partial charge in [0.25, 0.3) is 0 Å². The highest BCUT2D eigenvalue weighted by Gasteiger charge is 2.22. The molecule has 3 rings (SSSR count). The summed E-state index contributed by atoms with van der Waals surface area (Å²) in [6.07, 6.45) is 7.56. The molecule has 1 unspecified atom stereocenters. The molecule has 94 valence electrons. The zero-order valence-electron chi connectivity index (χ0n) is 10.2. The van der Waals surface area contributed by atoms with Gasteiger partial charge in [-0.25, -0.2) is 4.39 Å². The average Bonchev–Trinajstić information content (AvgIpc) is 3.01. The Morgan fingerprint density at radius 1 is 1.33 bits per heavy atom. The number of nitrogens with one attached hydrogen (secondary N) is 2. The maximum absolute atomic E-state index is 13.3. The number of halogens is 1. The molecule has 2 aliphatic rings. The SMILES string of the molecule is Fc1cccc(C2=CCCC2CC2=CNCN2)c1. The molecule has 1 aliphatic carbocycles. The smallest absolute Gasteiger partial charge is 0.123 e. The fourth-order valence-electron chi connectivity index (χ4n) is 2.78. The van der Waals surface area contributed by atoms with Crippen molar-refractivity contribution in [2.45, 2.75) is 19.3 Å². The van der Waals surface area contributed by atoms with Gasteiger partial charge in [0, 0.05) is 11.9 Å². The Hall–Kier alpha value is -1.77. The third kappa shape index (κ3) is 2.26. The van der Waals surface area contributed by atoms with Gasteiger partial charge in [0.15, 0.2) is 0 Å². The van der Waals surface area contributed by atoms with Crippen LogP contribution in [0.1, 0.15) is 24.8 Å². The van der Waals surface area contributed by atoms with Gasteiger partial charge in [-0.15, -0.1) is 0 Å². The van der Waals surface area contributed by atoms with Gasteiger partial charge in [0.1, 0.15) is 5.82 Å². The summed E-state index contributed by atoms with van der Waals surface area (Å²) < 4.78 is 13.3. The van der Waals surface area contributed by atoms with E-state index >= 15 is 0 Å². The molecule has 0 amide bonds. The quantitative estimate of drug-likeness (QED) is 0.854. The van der Waals surface area contributed by atoms with Gasteiger partial charge in [-0.3, -0.25) is 0 Å². The van der Waals surface area contributed by atoms with Crippen molar-refractivity contribution < 1.29 is 4.39 Å². The van der Waals surface area contributed by atoms with Gasteiger partial charge in [-0.2, -0.15) is 0 Å². The lowest BCUT2D eigenvalue weighted by Gasteiger charge is -2.16.